The molecule has 0 saturated heterocycles. The first-order valence-corrected chi connectivity index (χ1v) is 4.91. The third-order valence-electron chi connectivity index (χ3n) is 2.28. The monoisotopic (exact) mass is 240 g/mol. The maximum absolute atomic E-state index is 13.4. The Hall–Kier alpha value is -2.11. The van der Waals surface area contributed by atoms with E-state index >= 15 is 0 Å². The molecule has 1 amide bonds. The summed E-state index contributed by atoms with van der Waals surface area (Å²) >= 11 is 0. The van der Waals surface area contributed by atoms with Crippen LogP contribution in [-0.2, 0) is 4.79 Å². The Morgan fingerprint density at radius 3 is 2.65 bits per heavy atom. The molecule has 1 rings (SSSR count). The van der Waals surface area contributed by atoms with Gasteiger partial charge in [-0.15, -0.1) is 0 Å². The van der Waals surface area contributed by atoms with Gasteiger partial charge in [0.05, 0.1) is 12.2 Å². The number of benzene rings is 1. The van der Waals surface area contributed by atoms with Gasteiger partial charge in [-0.1, -0.05) is 6.07 Å². The lowest BCUT2D eigenvalue weighted by Crippen LogP contribution is -2.33. The van der Waals surface area contributed by atoms with Gasteiger partial charge in [-0.2, -0.15) is 0 Å². The number of amides is 1. The topological polar surface area (TPSA) is 69.6 Å². The highest BCUT2D eigenvalue weighted by Crippen LogP contribution is 2.22. The number of anilines is 1. The first kappa shape index (κ1) is 13.0. The summed E-state index contributed by atoms with van der Waals surface area (Å²) in [6, 6.07) is 3.92. The van der Waals surface area contributed by atoms with Gasteiger partial charge in [0.15, 0.2) is 0 Å². The van der Waals surface area contributed by atoms with Crippen molar-refractivity contribution in [3.63, 3.8) is 0 Å². The van der Waals surface area contributed by atoms with Crippen LogP contribution in [0.15, 0.2) is 18.2 Å². The van der Waals surface area contributed by atoms with Crippen molar-refractivity contribution in [2.75, 3.05) is 25.5 Å². The van der Waals surface area contributed by atoms with E-state index in [4.69, 9.17) is 5.11 Å². The number of hydrogen-bond acceptors (Lipinski definition) is 3. The second kappa shape index (κ2) is 5.29. The summed E-state index contributed by atoms with van der Waals surface area (Å²) in [5, 5.41) is 11.3. The Kier molecular flexibility index (Phi) is 4.03. The lowest BCUT2D eigenvalue weighted by Gasteiger charge is -2.20. The minimum absolute atomic E-state index is 0.0414. The van der Waals surface area contributed by atoms with Gasteiger partial charge in [0.2, 0.25) is 5.91 Å². The van der Waals surface area contributed by atoms with Crippen molar-refractivity contribution >= 4 is 17.6 Å². The van der Waals surface area contributed by atoms with Crippen molar-refractivity contribution in [2.45, 2.75) is 0 Å². The van der Waals surface area contributed by atoms with Crippen LogP contribution in [0.25, 0.3) is 0 Å². The Balaban J connectivity index is 3.09. The number of hydrogen-bond donors (Lipinski definition) is 2. The molecule has 0 aliphatic rings. The van der Waals surface area contributed by atoms with Crippen LogP contribution >= 0.6 is 0 Å². The Morgan fingerprint density at radius 2 is 2.12 bits per heavy atom. The fourth-order valence-corrected chi connectivity index (χ4v) is 1.42. The SMILES string of the molecule is CNC(=O)CN(C)c1cccc(F)c1C(=O)O. The van der Waals surface area contributed by atoms with Gasteiger partial charge >= 0.3 is 5.97 Å². The van der Waals surface area contributed by atoms with Crippen LogP contribution in [0.2, 0.25) is 0 Å². The summed E-state index contributed by atoms with van der Waals surface area (Å²) in [7, 11) is 3.00. The van der Waals surface area contributed by atoms with Crippen LogP contribution in [-0.4, -0.2) is 37.6 Å². The Labute approximate surface area is 97.8 Å². The fraction of sp³-hybridized carbons (Fsp3) is 0.273. The van der Waals surface area contributed by atoms with E-state index in [2.05, 4.69) is 5.32 Å². The summed E-state index contributed by atoms with van der Waals surface area (Å²) in [4.78, 5) is 23.5. The number of nitrogens with one attached hydrogen (secondary N) is 1. The molecular formula is C11H13FN2O3. The Bertz CT molecular complexity index is 448. The minimum atomic E-state index is -1.36. The molecule has 0 saturated carbocycles. The molecule has 0 aromatic heterocycles. The fourth-order valence-electron chi connectivity index (χ4n) is 1.42. The van der Waals surface area contributed by atoms with Gasteiger partial charge in [-0.25, -0.2) is 9.18 Å². The lowest BCUT2D eigenvalue weighted by molar-refractivity contribution is -0.119. The van der Waals surface area contributed by atoms with E-state index < -0.39 is 17.3 Å². The molecule has 0 aliphatic carbocycles. The lowest BCUT2D eigenvalue weighted by atomic mass is 10.1. The molecule has 0 unspecified atom stereocenters. The molecule has 0 spiro atoms. The van der Waals surface area contributed by atoms with Gasteiger partial charge in [-0.3, -0.25) is 4.79 Å². The zero-order valence-corrected chi connectivity index (χ0v) is 9.53. The van der Waals surface area contributed by atoms with Crippen LogP contribution in [0, 0.1) is 5.82 Å². The van der Waals surface area contributed by atoms with E-state index in [1.807, 2.05) is 0 Å². The molecule has 17 heavy (non-hydrogen) atoms. The molecule has 6 heteroatoms. The number of carboxylic acid groups (broad SMARTS) is 1. The number of carbonyl (C=O) groups excluding carboxylic acids is 1. The normalized spacial score (nSPS) is 9.82. The highest BCUT2D eigenvalue weighted by molar-refractivity contribution is 5.95. The molecule has 92 valence electrons. The first-order chi connectivity index (χ1) is 7.97. The predicted molar refractivity (Wildman–Crippen MR) is 60.7 cm³/mol. The van der Waals surface area contributed by atoms with Crippen molar-refractivity contribution < 1.29 is 19.1 Å². The summed E-state index contributed by atoms with van der Waals surface area (Å²) < 4.78 is 13.4. The van der Waals surface area contributed by atoms with Gasteiger partial charge in [0.1, 0.15) is 11.4 Å². The largest absolute Gasteiger partial charge is 0.478 e. The third kappa shape index (κ3) is 2.93. The van der Waals surface area contributed by atoms with Crippen LogP contribution in [0.1, 0.15) is 10.4 Å². The number of rotatable bonds is 4. The number of nitrogens with zero attached hydrogens (tertiary/aromatic N) is 1. The molecule has 0 radical (unpaired) electrons. The molecule has 1 aromatic rings. The summed E-state index contributed by atoms with van der Waals surface area (Å²) in [5.74, 6) is -2.46. The molecule has 0 aliphatic heterocycles. The third-order valence-corrected chi connectivity index (χ3v) is 2.28. The van der Waals surface area contributed by atoms with Gasteiger partial charge in [-0.05, 0) is 12.1 Å². The molecule has 2 N–H and O–H groups in total. The quantitative estimate of drug-likeness (QED) is 0.813. The van der Waals surface area contributed by atoms with Crippen molar-refractivity contribution in [3.8, 4) is 0 Å². The summed E-state index contributed by atoms with van der Waals surface area (Å²) in [6.07, 6.45) is 0. The number of halogens is 1. The highest BCUT2D eigenvalue weighted by Gasteiger charge is 2.19. The van der Waals surface area contributed by atoms with Gasteiger partial charge < -0.3 is 15.3 Å². The van der Waals surface area contributed by atoms with Crippen LogP contribution in [0.5, 0.6) is 0 Å². The van der Waals surface area contributed by atoms with Crippen molar-refractivity contribution in [1.29, 1.82) is 0 Å². The van der Waals surface area contributed by atoms with Gasteiger partial charge in [0, 0.05) is 14.1 Å². The molecule has 0 heterocycles. The molecule has 1 aromatic carbocycles. The number of likely N-dealkylation sites (N-methyl/N-ethyl adjacent to an activating group) is 2. The maximum Gasteiger partial charge on any atom is 0.340 e. The smallest absolute Gasteiger partial charge is 0.340 e. The van der Waals surface area contributed by atoms with Crippen molar-refractivity contribution in [1.82, 2.24) is 5.32 Å². The average molecular weight is 240 g/mol. The summed E-state index contributed by atoms with van der Waals surface area (Å²) in [5.41, 5.74) is -0.264. The molecule has 0 bridgehead atoms. The van der Waals surface area contributed by atoms with E-state index in [9.17, 15) is 14.0 Å². The van der Waals surface area contributed by atoms with E-state index in [0.29, 0.717) is 0 Å². The number of carbonyl (C=O) groups is 2. The van der Waals surface area contributed by atoms with E-state index in [1.165, 1.54) is 31.1 Å². The van der Waals surface area contributed by atoms with E-state index in [-0.39, 0.29) is 18.1 Å². The second-order valence-electron chi connectivity index (χ2n) is 3.47. The zero-order chi connectivity index (χ0) is 13.0. The van der Waals surface area contributed by atoms with Crippen molar-refractivity contribution in [3.05, 3.63) is 29.6 Å². The standard InChI is InChI=1S/C11H13FN2O3/c1-13-9(15)6-14(2)8-5-3-4-7(12)10(8)11(16)17/h3-5H,6H2,1-2H3,(H,13,15)(H,16,17). The molecular weight excluding hydrogens is 227 g/mol. The molecule has 0 atom stereocenters. The van der Waals surface area contributed by atoms with Crippen LogP contribution in [0.4, 0.5) is 10.1 Å². The highest BCUT2D eigenvalue weighted by atomic mass is 19.1. The van der Waals surface area contributed by atoms with Crippen LogP contribution in [0.3, 0.4) is 0 Å². The van der Waals surface area contributed by atoms with E-state index in [1.54, 1.807) is 0 Å². The van der Waals surface area contributed by atoms with Crippen molar-refractivity contribution in [2.24, 2.45) is 0 Å². The Morgan fingerprint density at radius 1 is 1.47 bits per heavy atom. The number of aromatic carboxylic acids is 1. The maximum atomic E-state index is 13.4. The van der Waals surface area contributed by atoms with Crippen LogP contribution < -0.4 is 10.2 Å². The summed E-state index contributed by atoms with van der Waals surface area (Å²) in [6.45, 7) is -0.0414. The second-order valence-corrected chi connectivity index (χ2v) is 3.47. The van der Waals surface area contributed by atoms with Gasteiger partial charge in [0.25, 0.3) is 0 Å². The zero-order valence-electron chi connectivity index (χ0n) is 9.53. The predicted octanol–water partition coefficient (Wildman–Crippen LogP) is 0.706. The van der Waals surface area contributed by atoms with E-state index in [0.717, 1.165) is 6.07 Å². The number of carboxylic acids is 1. The average Bonchev–Trinajstić information content (AvgIpc) is 2.27. The molecule has 0 fully saturated rings. The molecule has 5 nitrogen and oxygen atoms in total. The first-order valence-electron chi connectivity index (χ1n) is 4.91. The minimum Gasteiger partial charge on any atom is -0.478 e.